The third-order valence-corrected chi connectivity index (χ3v) is 15.2. The van der Waals surface area contributed by atoms with E-state index in [1.165, 1.54) is 44.5 Å². The molecule has 0 atom stereocenters. The highest BCUT2D eigenvalue weighted by Gasteiger charge is 2.53. The molecule has 380 valence electrons. The Kier molecular flexibility index (Phi) is 14.0. The van der Waals surface area contributed by atoms with Crippen LogP contribution in [-0.4, -0.2) is 6.54 Å². The molecule has 4 nitrogen and oxygen atoms in total. The van der Waals surface area contributed by atoms with Crippen LogP contribution in [0.1, 0.15) is 29.2 Å². The maximum absolute atomic E-state index is 3.00. The average Bonchev–Trinajstić information content (AvgIpc) is 2.86. The zero-order valence-corrected chi connectivity index (χ0v) is 44.4. The molecule has 0 saturated carbocycles. The lowest BCUT2D eigenvalue weighted by Gasteiger charge is -2.35. The second-order valence-corrected chi connectivity index (χ2v) is 19.6. The average molecular weight is 1020 g/mol. The normalized spacial score (nSPS) is 12.3. The second-order valence-electron chi connectivity index (χ2n) is 19.6. The molecule has 0 radical (unpaired) electrons. The summed E-state index contributed by atoms with van der Waals surface area (Å²) in [6.45, 7) is 8.75. The van der Waals surface area contributed by atoms with Crippen LogP contribution >= 0.6 is 0 Å². The molecule has 0 unspecified atom stereocenters. The fraction of sp³-hybridized carbons (Fsp3) is 0.0400. The van der Waals surface area contributed by atoms with Gasteiger partial charge in [0.15, 0.2) is 0 Å². The van der Waals surface area contributed by atoms with Crippen molar-refractivity contribution in [2.75, 3.05) is 26.1 Å². The topological polar surface area (TPSA) is 13.0 Å². The van der Waals surface area contributed by atoms with Crippen LogP contribution in [0.3, 0.4) is 0 Å². The molecule has 0 saturated heterocycles. The number of para-hydroxylation sites is 7. The molecule has 0 amide bonds. The number of rotatable bonds is 14. The van der Waals surface area contributed by atoms with E-state index in [1.807, 2.05) is 0 Å². The fourth-order valence-corrected chi connectivity index (χ4v) is 11.9. The first kappa shape index (κ1) is 49.7. The molecule has 0 heterocycles. The molecule has 2 aliphatic rings. The third-order valence-electron chi connectivity index (χ3n) is 15.2. The lowest BCUT2D eigenvalue weighted by atomic mass is 9.70. The van der Waals surface area contributed by atoms with Gasteiger partial charge in [0.1, 0.15) is 0 Å². The molecule has 4 heteroatoms. The number of fused-ring (bicyclic) bond motifs is 10. The molecule has 0 aliphatic heterocycles. The predicted molar refractivity (Wildman–Crippen MR) is 335 cm³/mol. The number of benzene rings is 11. The van der Waals surface area contributed by atoms with Gasteiger partial charge in [-0.15, -0.1) is 13.2 Å². The van der Waals surface area contributed by atoms with E-state index < -0.39 is 5.41 Å². The molecular weight excluding hydrogens is 957 g/mol. The highest BCUT2D eigenvalue weighted by molar-refractivity contribution is 5.99. The maximum atomic E-state index is 3.00. The minimum Gasteiger partial charge on any atom is -0.338 e. The van der Waals surface area contributed by atoms with Crippen molar-refractivity contribution in [1.29, 1.82) is 0 Å². The molecule has 2 aliphatic carbocycles. The van der Waals surface area contributed by atoms with E-state index in [9.17, 15) is 0 Å². The van der Waals surface area contributed by atoms with Crippen LogP contribution in [0.4, 0.5) is 62.6 Å². The van der Waals surface area contributed by atoms with Gasteiger partial charge in [0.05, 0.1) is 5.41 Å². The Labute approximate surface area is 465 Å². The summed E-state index contributed by atoms with van der Waals surface area (Å²) in [6, 6.07) is 104. The Balaban J connectivity index is 0.00000308. The van der Waals surface area contributed by atoms with Crippen molar-refractivity contribution in [1.82, 2.24) is 0 Å². The number of anilines is 11. The molecule has 0 N–H and O–H groups in total. The van der Waals surface area contributed by atoms with E-state index in [-0.39, 0.29) is 0 Å². The summed E-state index contributed by atoms with van der Waals surface area (Å²) in [7, 11) is 0. The van der Waals surface area contributed by atoms with Gasteiger partial charge in [0, 0.05) is 69.1 Å². The van der Waals surface area contributed by atoms with Crippen LogP contribution in [0.25, 0.3) is 22.3 Å². The quantitative estimate of drug-likeness (QED) is 0.0795. The SMILES string of the molecule is C/C=C\C=C/CN(c1ccccc1)c1ccc2c(c1)C1(c3cc(N(c4ccccc4)c4ccccc4)ccc3-2)c2cc(N(c3ccccc3)c3ccccc3)ccc2-c2ccc(N(c3ccccc3)c3ccccc3)cc21.C=C. The van der Waals surface area contributed by atoms with Crippen molar-refractivity contribution in [3.8, 4) is 22.3 Å². The van der Waals surface area contributed by atoms with Crippen LogP contribution in [-0.2, 0) is 5.41 Å². The summed E-state index contributed by atoms with van der Waals surface area (Å²) in [5.74, 6) is 0. The molecule has 0 aromatic heterocycles. The highest BCUT2D eigenvalue weighted by atomic mass is 15.2. The fourth-order valence-electron chi connectivity index (χ4n) is 11.9. The molecule has 0 bridgehead atoms. The Bertz CT molecular complexity index is 3530. The lowest BCUT2D eigenvalue weighted by Crippen LogP contribution is -2.27. The molecule has 11 aromatic carbocycles. The number of hydrogen-bond acceptors (Lipinski definition) is 4. The number of hydrogen-bond donors (Lipinski definition) is 0. The Hall–Kier alpha value is -10.2. The third kappa shape index (κ3) is 9.09. The van der Waals surface area contributed by atoms with E-state index in [1.54, 1.807) is 0 Å². The van der Waals surface area contributed by atoms with Crippen molar-refractivity contribution in [3.63, 3.8) is 0 Å². The molecule has 1 spiro atoms. The van der Waals surface area contributed by atoms with Crippen LogP contribution in [0.2, 0.25) is 0 Å². The van der Waals surface area contributed by atoms with E-state index in [0.29, 0.717) is 6.54 Å². The van der Waals surface area contributed by atoms with Crippen molar-refractivity contribution >= 4 is 62.6 Å². The van der Waals surface area contributed by atoms with Gasteiger partial charge in [-0.25, -0.2) is 0 Å². The van der Waals surface area contributed by atoms with E-state index in [2.05, 4.69) is 349 Å². The van der Waals surface area contributed by atoms with Crippen molar-refractivity contribution in [3.05, 3.63) is 345 Å². The first-order valence-corrected chi connectivity index (χ1v) is 27.1. The number of nitrogens with zero attached hydrogens (tertiary/aromatic N) is 4. The standard InChI is InChI=1S/C73H56N4.C2H4/c1-2-3-4-26-49-74(54-27-12-5-13-28-54)61-41-45-65-66-46-42-62(75(55-29-14-6-15-30-55)56-31-16-7-17-32-56)51-70(66)73(69(65)50-61)71-52-63(76(57-33-18-8-19-34-57)58-35-20-9-21-36-58)43-47-67(71)68-48-44-64(53-72(68)73)77(59-37-22-10-23-38-59)60-39-24-11-25-40-60;1-2/h2-48,50-53H,49H2,1H3;1-2H2/b3-2-,26-4-;. The molecule has 11 aromatic rings. The predicted octanol–water partition coefficient (Wildman–Crippen LogP) is 20.5. The summed E-state index contributed by atoms with van der Waals surface area (Å²) >= 11 is 0. The minimum absolute atomic E-state index is 0.689. The van der Waals surface area contributed by atoms with Gasteiger partial charge in [-0.3, -0.25) is 0 Å². The molecule has 0 fully saturated rings. The molecule has 13 rings (SSSR count). The summed E-state index contributed by atoms with van der Waals surface area (Å²) in [6.07, 6.45) is 8.58. The van der Waals surface area contributed by atoms with Crippen molar-refractivity contribution < 1.29 is 0 Å². The zero-order valence-electron chi connectivity index (χ0n) is 44.4. The van der Waals surface area contributed by atoms with Gasteiger partial charge in [0.2, 0.25) is 0 Å². The maximum Gasteiger partial charge on any atom is 0.0728 e. The highest BCUT2D eigenvalue weighted by Crippen LogP contribution is 2.65. The van der Waals surface area contributed by atoms with Crippen LogP contribution in [0.15, 0.2) is 323 Å². The zero-order chi connectivity index (χ0) is 53.5. The van der Waals surface area contributed by atoms with E-state index in [4.69, 9.17) is 0 Å². The van der Waals surface area contributed by atoms with Crippen LogP contribution < -0.4 is 19.6 Å². The first-order chi connectivity index (χ1) is 39.2. The van der Waals surface area contributed by atoms with E-state index in [0.717, 1.165) is 62.6 Å². The summed E-state index contributed by atoms with van der Waals surface area (Å²) in [4.78, 5) is 9.65. The minimum atomic E-state index is -0.798. The Morgan fingerprint density at radius 1 is 0.291 bits per heavy atom. The second kappa shape index (κ2) is 22.2. The summed E-state index contributed by atoms with van der Waals surface area (Å²) < 4.78 is 0. The molecular formula is C75H60N4. The Morgan fingerprint density at radius 2 is 0.544 bits per heavy atom. The van der Waals surface area contributed by atoms with Gasteiger partial charge >= 0.3 is 0 Å². The first-order valence-electron chi connectivity index (χ1n) is 27.1. The van der Waals surface area contributed by atoms with Crippen LogP contribution in [0, 0.1) is 0 Å². The Morgan fingerprint density at radius 3 is 0.823 bits per heavy atom. The monoisotopic (exact) mass is 1020 g/mol. The smallest absolute Gasteiger partial charge is 0.0728 e. The van der Waals surface area contributed by atoms with Gasteiger partial charge in [-0.05, 0) is 185 Å². The van der Waals surface area contributed by atoms with Gasteiger partial charge in [0.25, 0.3) is 0 Å². The van der Waals surface area contributed by atoms with E-state index >= 15 is 0 Å². The largest absolute Gasteiger partial charge is 0.338 e. The molecule has 79 heavy (non-hydrogen) atoms. The van der Waals surface area contributed by atoms with Crippen LogP contribution in [0.5, 0.6) is 0 Å². The number of allylic oxidation sites excluding steroid dienone is 3. The van der Waals surface area contributed by atoms with Crippen molar-refractivity contribution in [2.45, 2.75) is 12.3 Å². The lowest BCUT2D eigenvalue weighted by molar-refractivity contribution is 0.793. The summed E-state index contributed by atoms with van der Waals surface area (Å²) in [5, 5.41) is 0. The summed E-state index contributed by atoms with van der Waals surface area (Å²) in [5.41, 5.74) is 21.1. The van der Waals surface area contributed by atoms with Gasteiger partial charge in [-0.2, -0.15) is 0 Å². The van der Waals surface area contributed by atoms with Gasteiger partial charge < -0.3 is 19.6 Å². The van der Waals surface area contributed by atoms with Gasteiger partial charge in [-0.1, -0.05) is 176 Å². The van der Waals surface area contributed by atoms with Crippen molar-refractivity contribution in [2.24, 2.45) is 0 Å².